The molecule has 2 aliphatic rings. The Labute approximate surface area is 140 Å². The summed E-state index contributed by atoms with van der Waals surface area (Å²) < 4.78 is 20.3. The van der Waals surface area contributed by atoms with E-state index < -0.39 is 11.3 Å². The van der Waals surface area contributed by atoms with Gasteiger partial charge in [-0.05, 0) is 78.3 Å². The average molecular weight is 328 g/mol. The molecule has 0 spiro atoms. The van der Waals surface area contributed by atoms with Crippen molar-refractivity contribution in [1.29, 1.82) is 0 Å². The Hall–Kier alpha value is -0.840. The fraction of sp³-hybridized carbons (Fsp3) is 0.944. The second-order valence-corrected chi connectivity index (χ2v) is 8.20. The molecule has 2 aliphatic heterocycles. The first kappa shape index (κ1) is 18.5. The molecule has 2 rings (SSSR count). The number of carbonyl (C=O) groups is 1. The summed E-state index contributed by atoms with van der Waals surface area (Å²) in [4.78, 5) is 13.7. The summed E-state index contributed by atoms with van der Waals surface area (Å²) in [5, 5.41) is 3.37. The standard InChI is InChI=1S/C18H33FN2O2/c1-17(2,3)23-16(22)21-13-9-18(19,10-14-21)8-4-5-15-6-11-20-12-7-15/h15,20H,4-14H2,1-3H3. The van der Waals surface area contributed by atoms with Gasteiger partial charge in [0.15, 0.2) is 0 Å². The van der Waals surface area contributed by atoms with E-state index in [4.69, 9.17) is 4.74 Å². The van der Waals surface area contributed by atoms with E-state index in [0.717, 1.165) is 31.8 Å². The van der Waals surface area contributed by atoms with Crippen molar-refractivity contribution in [2.45, 2.75) is 77.0 Å². The maximum atomic E-state index is 14.9. The maximum Gasteiger partial charge on any atom is 0.410 e. The number of piperidine rings is 2. The van der Waals surface area contributed by atoms with Gasteiger partial charge in [-0.25, -0.2) is 9.18 Å². The Morgan fingerprint density at radius 2 is 1.87 bits per heavy atom. The summed E-state index contributed by atoms with van der Waals surface area (Å²) in [7, 11) is 0. The molecule has 0 unspecified atom stereocenters. The van der Waals surface area contributed by atoms with Crippen LogP contribution in [0.2, 0.25) is 0 Å². The van der Waals surface area contributed by atoms with Crippen LogP contribution < -0.4 is 5.32 Å². The van der Waals surface area contributed by atoms with Crippen LogP contribution >= 0.6 is 0 Å². The highest BCUT2D eigenvalue weighted by molar-refractivity contribution is 5.68. The van der Waals surface area contributed by atoms with Gasteiger partial charge in [-0.1, -0.05) is 6.42 Å². The lowest BCUT2D eigenvalue weighted by Gasteiger charge is -2.37. The summed E-state index contributed by atoms with van der Waals surface area (Å²) in [6.45, 7) is 8.73. The average Bonchev–Trinajstić information content (AvgIpc) is 2.47. The number of likely N-dealkylation sites (tertiary alicyclic amines) is 1. The Balaban J connectivity index is 1.68. The van der Waals surface area contributed by atoms with Crippen LogP contribution in [0, 0.1) is 5.92 Å². The van der Waals surface area contributed by atoms with Crippen LogP contribution in [0.4, 0.5) is 9.18 Å². The van der Waals surface area contributed by atoms with Gasteiger partial charge in [-0.2, -0.15) is 0 Å². The zero-order valence-corrected chi connectivity index (χ0v) is 15.0. The minimum atomic E-state index is -1.09. The highest BCUT2D eigenvalue weighted by Crippen LogP contribution is 2.33. The summed E-state index contributed by atoms with van der Waals surface area (Å²) >= 11 is 0. The first-order chi connectivity index (χ1) is 10.8. The molecule has 2 saturated heterocycles. The van der Waals surface area contributed by atoms with Gasteiger partial charge in [0, 0.05) is 13.1 Å². The summed E-state index contributed by atoms with van der Waals surface area (Å²) in [5.74, 6) is 0.765. The number of amides is 1. The molecule has 1 amide bonds. The van der Waals surface area contributed by atoms with Gasteiger partial charge in [0.1, 0.15) is 11.3 Å². The number of nitrogens with zero attached hydrogens (tertiary/aromatic N) is 1. The van der Waals surface area contributed by atoms with E-state index in [1.165, 1.54) is 12.8 Å². The number of hydrogen-bond acceptors (Lipinski definition) is 3. The van der Waals surface area contributed by atoms with Crippen LogP contribution in [-0.2, 0) is 4.74 Å². The van der Waals surface area contributed by atoms with Crippen LogP contribution in [0.15, 0.2) is 0 Å². The van der Waals surface area contributed by atoms with E-state index in [0.29, 0.717) is 32.4 Å². The van der Waals surface area contributed by atoms with Crippen LogP contribution in [0.3, 0.4) is 0 Å². The lowest BCUT2D eigenvalue weighted by Crippen LogP contribution is -2.46. The molecule has 0 radical (unpaired) electrons. The molecule has 0 saturated carbocycles. The van der Waals surface area contributed by atoms with Gasteiger partial charge < -0.3 is 15.0 Å². The van der Waals surface area contributed by atoms with Crippen LogP contribution in [-0.4, -0.2) is 48.4 Å². The lowest BCUT2D eigenvalue weighted by atomic mass is 9.85. The molecule has 0 atom stereocenters. The van der Waals surface area contributed by atoms with Crippen LogP contribution in [0.5, 0.6) is 0 Å². The Kier molecular flexibility index (Phi) is 6.29. The first-order valence-electron chi connectivity index (χ1n) is 9.15. The molecular weight excluding hydrogens is 295 g/mol. The van der Waals surface area contributed by atoms with Crippen molar-refractivity contribution in [3.05, 3.63) is 0 Å². The summed E-state index contributed by atoms with van der Waals surface area (Å²) in [6, 6.07) is 0. The van der Waals surface area contributed by atoms with Gasteiger partial charge in [0.05, 0.1) is 0 Å². The van der Waals surface area contributed by atoms with Gasteiger partial charge in [-0.15, -0.1) is 0 Å². The second-order valence-electron chi connectivity index (χ2n) is 8.20. The molecule has 0 bridgehead atoms. The predicted molar refractivity (Wildman–Crippen MR) is 90.3 cm³/mol. The second kappa shape index (κ2) is 7.82. The zero-order chi connectivity index (χ0) is 16.9. The predicted octanol–water partition coefficient (Wildman–Crippen LogP) is 3.90. The highest BCUT2D eigenvalue weighted by atomic mass is 19.1. The number of carbonyl (C=O) groups excluding carboxylic acids is 1. The number of hydrogen-bond donors (Lipinski definition) is 1. The van der Waals surface area contributed by atoms with Gasteiger partial charge >= 0.3 is 6.09 Å². The number of halogens is 1. The molecule has 0 aliphatic carbocycles. The van der Waals surface area contributed by atoms with Crippen molar-refractivity contribution in [3.63, 3.8) is 0 Å². The van der Waals surface area contributed by atoms with E-state index in [1.807, 2.05) is 20.8 Å². The summed E-state index contributed by atoms with van der Waals surface area (Å²) in [5.41, 5.74) is -1.58. The van der Waals surface area contributed by atoms with Crippen LogP contribution in [0.1, 0.15) is 65.7 Å². The van der Waals surface area contributed by atoms with Crippen molar-refractivity contribution in [2.75, 3.05) is 26.2 Å². The third kappa shape index (κ3) is 6.28. The third-order valence-corrected chi connectivity index (χ3v) is 5.01. The molecule has 5 heteroatoms. The molecule has 134 valence electrons. The molecule has 23 heavy (non-hydrogen) atoms. The van der Waals surface area contributed by atoms with Gasteiger partial charge in [0.2, 0.25) is 0 Å². The zero-order valence-electron chi connectivity index (χ0n) is 15.0. The smallest absolute Gasteiger partial charge is 0.410 e. The molecule has 2 fully saturated rings. The van der Waals surface area contributed by atoms with E-state index >= 15 is 0 Å². The number of alkyl halides is 1. The largest absolute Gasteiger partial charge is 0.444 e. The Morgan fingerprint density at radius 3 is 2.43 bits per heavy atom. The number of rotatable bonds is 4. The first-order valence-corrected chi connectivity index (χ1v) is 9.15. The highest BCUT2D eigenvalue weighted by Gasteiger charge is 2.36. The minimum absolute atomic E-state index is 0.311. The monoisotopic (exact) mass is 328 g/mol. The minimum Gasteiger partial charge on any atom is -0.444 e. The van der Waals surface area contributed by atoms with Crippen molar-refractivity contribution >= 4 is 6.09 Å². The van der Waals surface area contributed by atoms with Crippen molar-refractivity contribution in [1.82, 2.24) is 10.2 Å². The fourth-order valence-electron chi connectivity index (χ4n) is 3.54. The van der Waals surface area contributed by atoms with Crippen molar-refractivity contribution in [2.24, 2.45) is 5.92 Å². The van der Waals surface area contributed by atoms with Crippen molar-refractivity contribution in [3.8, 4) is 0 Å². The molecule has 4 nitrogen and oxygen atoms in total. The quantitative estimate of drug-likeness (QED) is 0.851. The topological polar surface area (TPSA) is 41.6 Å². The lowest BCUT2D eigenvalue weighted by molar-refractivity contribution is 0.000696. The normalized spacial score (nSPS) is 22.9. The van der Waals surface area contributed by atoms with Gasteiger partial charge in [0.25, 0.3) is 0 Å². The number of ether oxygens (including phenoxy) is 1. The molecule has 0 aromatic heterocycles. The van der Waals surface area contributed by atoms with E-state index in [1.54, 1.807) is 4.90 Å². The summed E-state index contributed by atoms with van der Waals surface area (Å²) in [6.07, 6.45) is 5.78. The third-order valence-electron chi connectivity index (χ3n) is 5.01. The Morgan fingerprint density at radius 1 is 1.26 bits per heavy atom. The molecule has 1 N–H and O–H groups in total. The van der Waals surface area contributed by atoms with Crippen LogP contribution in [0.25, 0.3) is 0 Å². The van der Waals surface area contributed by atoms with Gasteiger partial charge in [-0.3, -0.25) is 0 Å². The Bertz CT molecular complexity index is 381. The molecule has 0 aromatic carbocycles. The number of nitrogens with one attached hydrogen (secondary N) is 1. The SMILES string of the molecule is CC(C)(C)OC(=O)N1CCC(F)(CCCC2CCNCC2)CC1. The van der Waals surface area contributed by atoms with E-state index in [2.05, 4.69) is 5.32 Å². The van der Waals surface area contributed by atoms with Crippen molar-refractivity contribution < 1.29 is 13.9 Å². The molecule has 0 aromatic rings. The maximum absolute atomic E-state index is 14.9. The molecule has 2 heterocycles. The van der Waals surface area contributed by atoms with E-state index in [9.17, 15) is 9.18 Å². The fourth-order valence-corrected chi connectivity index (χ4v) is 3.54. The molecular formula is C18H33FN2O2. The van der Waals surface area contributed by atoms with E-state index in [-0.39, 0.29) is 6.09 Å².